The van der Waals surface area contributed by atoms with Gasteiger partial charge in [-0.25, -0.2) is 0 Å². The van der Waals surface area contributed by atoms with Crippen LogP contribution in [0.5, 0.6) is 0 Å². The van der Waals surface area contributed by atoms with E-state index in [2.05, 4.69) is 32.3 Å². The number of piperidine rings is 1. The smallest absolute Gasteiger partial charge is 0.247 e. The van der Waals surface area contributed by atoms with Gasteiger partial charge in [-0.15, -0.1) is 5.10 Å². The van der Waals surface area contributed by atoms with Crippen LogP contribution in [0.3, 0.4) is 0 Å². The Morgan fingerprint density at radius 1 is 1.27 bits per heavy atom. The highest BCUT2D eigenvalue weighted by Gasteiger charge is 2.18. The van der Waals surface area contributed by atoms with Gasteiger partial charge in [-0.2, -0.15) is 10.1 Å². The van der Waals surface area contributed by atoms with Crippen molar-refractivity contribution < 1.29 is 0 Å². The Bertz CT molecular complexity index is 653. The monoisotopic (exact) mass is 317 g/mol. The molecule has 0 aliphatic carbocycles. The Hall–Kier alpha value is -1.88. The first-order valence-electron chi connectivity index (χ1n) is 7.59. The number of halogens is 1. The van der Waals surface area contributed by atoms with E-state index in [-0.39, 0.29) is 0 Å². The molecule has 2 heterocycles. The lowest BCUT2D eigenvalue weighted by Gasteiger charge is -2.29. The fourth-order valence-electron chi connectivity index (χ4n) is 2.60. The third-order valence-electron chi connectivity index (χ3n) is 4.07. The maximum Gasteiger partial charge on any atom is 0.247 e. The highest BCUT2D eigenvalue weighted by Crippen LogP contribution is 2.24. The summed E-state index contributed by atoms with van der Waals surface area (Å²) in [5.41, 5.74) is 2.04. The SMILES string of the molecule is Cc1cc(Cl)ccc1Nc1cnnc(N2CCC(C)CC2)n1. The van der Waals surface area contributed by atoms with Gasteiger partial charge in [-0.3, -0.25) is 0 Å². The molecule has 2 aromatic rings. The molecule has 1 N–H and O–H groups in total. The van der Waals surface area contributed by atoms with Crippen LogP contribution in [0.15, 0.2) is 24.4 Å². The zero-order valence-electron chi connectivity index (χ0n) is 12.9. The molecule has 1 fully saturated rings. The topological polar surface area (TPSA) is 53.9 Å². The molecular formula is C16H20ClN5. The second kappa shape index (κ2) is 6.48. The minimum absolute atomic E-state index is 0.698. The molecule has 6 heteroatoms. The van der Waals surface area contributed by atoms with Crippen molar-refractivity contribution in [3.05, 3.63) is 35.0 Å². The summed E-state index contributed by atoms with van der Waals surface area (Å²) in [6.07, 6.45) is 4.00. The van der Waals surface area contributed by atoms with Crippen LogP contribution in [0.1, 0.15) is 25.3 Å². The van der Waals surface area contributed by atoms with E-state index in [4.69, 9.17) is 11.6 Å². The van der Waals surface area contributed by atoms with Crippen molar-refractivity contribution in [1.29, 1.82) is 0 Å². The molecular weight excluding hydrogens is 298 g/mol. The Morgan fingerprint density at radius 2 is 2.05 bits per heavy atom. The third kappa shape index (κ3) is 3.47. The van der Waals surface area contributed by atoms with Crippen LogP contribution in [0.25, 0.3) is 0 Å². The summed E-state index contributed by atoms with van der Waals surface area (Å²) in [7, 11) is 0. The van der Waals surface area contributed by atoms with E-state index in [1.54, 1.807) is 6.20 Å². The van der Waals surface area contributed by atoms with E-state index < -0.39 is 0 Å². The van der Waals surface area contributed by atoms with Crippen molar-refractivity contribution in [1.82, 2.24) is 15.2 Å². The number of anilines is 3. The molecule has 0 spiro atoms. The quantitative estimate of drug-likeness (QED) is 0.932. The van der Waals surface area contributed by atoms with E-state index in [1.165, 1.54) is 12.8 Å². The first-order valence-corrected chi connectivity index (χ1v) is 7.97. The van der Waals surface area contributed by atoms with Gasteiger partial charge in [0.25, 0.3) is 0 Å². The standard InChI is InChI=1S/C16H20ClN5/c1-11-5-7-22(8-6-11)16-20-15(10-18-21-16)19-14-4-3-13(17)9-12(14)2/h3-4,9-11H,5-8H2,1-2H3,(H,19,20,21). The summed E-state index contributed by atoms with van der Waals surface area (Å²) < 4.78 is 0. The van der Waals surface area contributed by atoms with Crippen molar-refractivity contribution >= 4 is 29.1 Å². The molecule has 1 saturated heterocycles. The van der Waals surface area contributed by atoms with Gasteiger partial charge in [0.2, 0.25) is 5.95 Å². The van der Waals surface area contributed by atoms with Crippen molar-refractivity contribution in [2.45, 2.75) is 26.7 Å². The fourth-order valence-corrected chi connectivity index (χ4v) is 2.83. The van der Waals surface area contributed by atoms with E-state index in [0.717, 1.165) is 35.3 Å². The van der Waals surface area contributed by atoms with Gasteiger partial charge in [0.15, 0.2) is 5.82 Å². The van der Waals surface area contributed by atoms with Crippen LogP contribution >= 0.6 is 11.6 Å². The molecule has 0 saturated carbocycles. The molecule has 0 bridgehead atoms. The van der Waals surface area contributed by atoms with Gasteiger partial charge in [0.1, 0.15) is 0 Å². The molecule has 1 aliphatic heterocycles. The van der Waals surface area contributed by atoms with E-state index in [0.29, 0.717) is 11.8 Å². The predicted molar refractivity (Wildman–Crippen MR) is 89.9 cm³/mol. The first-order chi connectivity index (χ1) is 10.6. The lowest BCUT2D eigenvalue weighted by Crippen LogP contribution is -2.34. The second-order valence-corrected chi connectivity index (χ2v) is 6.33. The molecule has 1 aromatic heterocycles. The highest BCUT2D eigenvalue weighted by molar-refractivity contribution is 6.30. The predicted octanol–water partition coefficient (Wildman–Crippen LogP) is 3.81. The first kappa shape index (κ1) is 15.0. The Labute approximate surface area is 135 Å². The van der Waals surface area contributed by atoms with Crippen LogP contribution in [-0.4, -0.2) is 28.3 Å². The summed E-state index contributed by atoms with van der Waals surface area (Å²) in [5.74, 6) is 2.18. The van der Waals surface area contributed by atoms with Crippen LogP contribution in [0.2, 0.25) is 5.02 Å². The highest BCUT2D eigenvalue weighted by atomic mass is 35.5. The Kier molecular flexibility index (Phi) is 4.43. The van der Waals surface area contributed by atoms with E-state index in [1.807, 2.05) is 25.1 Å². The normalized spacial score (nSPS) is 15.9. The Balaban J connectivity index is 1.76. The number of aryl methyl sites for hydroxylation is 1. The summed E-state index contributed by atoms with van der Waals surface area (Å²) in [6, 6.07) is 5.73. The number of nitrogens with zero attached hydrogens (tertiary/aromatic N) is 4. The van der Waals surface area contributed by atoms with E-state index in [9.17, 15) is 0 Å². The number of hydrogen-bond acceptors (Lipinski definition) is 5. The summed E-state index contributed by atoms with van der Waals surface area (Å²) >= 11 is 5.99. The average Bonchev–Trinajstić information content (AvgIpc) is 2.51. The molecule has 0 unspecified atom stereocenters. The Morgan fingerprint density at radius 3 is 2.77 bits per heavy atom. The molecule has 5 nitrogen and oxygen atoms in total. The molecule has 22 heavy (non-hydrogen) atoms. The van der Waals surface area contributed by atoms with Crippen molar-refractivity contribution in [2.75, 3.05) is 23.3 Å². The molecule has 0 radical (unpaired) electrons. The minimum atomic E-state index is 0.698. The molecule has 1 aromatic carbocycles. The maximum atomic E-state index is 5.99. The van der Waals surface area contributed by atoms with Crippen molar-refractivity contribution in [3.8, 4) is 0 Å². The number of benzene rings is 1. The zero-order valence-corrected chi connectivity index (χ0v) is 13.6. The summed E-state index contributed by atoms with van der Waals surface area (Å²) in [6.45, 7) is 6.28. The van der Waals surface area contributed by atoms with Gasteiger partial charge in [0, 0.05) is 23.8 Å². The van der Waals surface area contributed by atoms with Gasteiger partial charge in [0.05, 0.1) is 6.20 Å². The van der Waals surface area contributed by atoms with Gasteiger partial charge < -0.3 is 10.2 Å². The van der Waals surface area contributed by atoms with Crippen LogP contribution in [0, 0.1) is 12.8 Å². The van der Waals surface area contributed by atoms with E-state index >= 15 is 0 Å². The summed E-state index contributed by atoms with van der Waals surface area (Å²) in [4.78, 5) is 6.79. The number of aromatic nitrogens is 3. The van der Waals surface area contributed by atoms with Crippen molar-refractivity contribution in [2.24, 2.45) is 5.92 Å². The van der Waals surface area contributed by atoms with Gasteiger partial charge in [-0.05, 0) is 49.4 Å². The van der Waals surface area contributed by atoms with Gasteiger partial charge >= 0.3 is 0 Å². The number of hydrogen-bond donors (Lipinski definition) is 1. The third-order valence-corrected chi connectivity index (χ3v) is 4.30. The molecule has 116 valence electrons. The molecule has 3 rings (SSSR count). The van der Waals surface area contributed by atoms with Crippen LogP contribution in [0.4, 0.5) is 17.5 Å². The van der Waals surface area contributed by atoms with Gasteiger partial charge in [-0.1, -0.05) is 18.5 Å². The zero-order chi connectivity index (χ0) is 15.5. The minimum Gasteiger partial charge on any atom is -0.339 e. The molecule has 0 atom stereocenters. The number of rotatable bonds is 3. The van der Waals surface area contributed by atoms with Crippen LogP contribution in [-0.2, 0) is 0 Å². The summed E-state index contributed by atoms with van der Waals surface area (Å²) in [5, 5.41) is 12.3. The number of nitrogens with one attached hydrogen (secondary N) is 1. The lowest BCUT2D eigenvalue weighted by atomic mass is 10.00. The molecule has 0 amide bonds. The second-order valence-electron chi connectivity index (χ2n) is 5.90. The molecule has 1 aliphatic rings. The van der Waals surface area contributed by atoms with Crippen LogP contribution < -0.4 is 10.2 Å². The maximum absolute atomic E-state index is 5.99. The fraction of sp³-hybridized carbons (Fsp3) is 0.438. The largest absolute Gasteiger partial charge is 0.339 e. The average molecular weight is 318 g/mol. The lowest BCUT2D eigenvalue weighted by molar-refractivity contribution is 0.433. The van der Waals surface area contributed by atoms with Crippen molar-refractivity contribution in [3.63, 3.8) is 0 Å².